The summed E-state index contributed by atoms with van der Waals surface area (Å²) in [4.78, 5) is 47.5. The lowest BCUT2D eigenvalue weighted by Crippen LogP contribution is -2.57. The van der Waals surface area contributed by atoms with Crippen LogP contribution in [0.2, 0.25) is 0 Å². The molecule has 1 unspecified atom stereocenters. The molecule has 1 aromatic carbocycles. The van der Waals surface area contributed by atoms with Crippen LogP contribution in [0.1, 0.15) is 64.5 Å². The van der Waals surface area contributed by atoms with E-state index < -0.39 is 47.2 Å². The van der Waals surface area contributed by atoms with Crippen LogP contribution in [0, 0.1) is 23.5 Å². The lowest BCUT2D eigenvalue weighted by molar-refractivity contribution is -0.148. The number of imidazole rings is 1. The quantitative estimate of drug-likeness (QED) is 0.298. The second-order valence-corrected chi connectivity index (χ2v) is 11.9. The van der Waals surface area contributed by atoms with Crippen molar-refractivity contribution in [3.63, 3.8) is 0 Å². The smallest absolute Gasteiger partial charge is 0.410 e. The normalized spacial score (nSPS) is 17.7. The number of carbonyl (C=O) groups is 3. The van der Waals surface area contributed by atoms with E-state index in [0.29, 0.717) is 38.1 Å². The first-order valence-electron chi connectivity index (χ1n) is 14.0. The highest BCUT2D eigenvalue weighted by Crippen LogP contribution is 2.28. The van der Waals surface area contributed by atoms with Crippen LogP contribution in [-0.2, 0) is 25.5 Å². The first-order valence-corrected chi connectivity index (χ1v) is 14.0. The third-order valence-electron chi connectivity index (χ3n) is 6.84. The second kappa shape index (κ2) is 13.6. The molecule has 10 nitrogen and oxygen atoms in total. The van der Waals surface area contributed by atoms with Gasteiger partial charge in [-0.3, -0.25) is 9.59 Å². The van der Waals surface area contributed by atoms with Gasteiger partial charge < -0.3 is 28.6 Å². The maximum atomic E-state index is 14.3. The number of fused-ring (bicyclic) bond motifs is 1. The average Bonchev–Trinajstić information content (AvgIpc) is 3.24. The topological polar surface area (TPSA) is 103 Å². The first-order chi connectivity index (χ1) is 19.2. The number of aryl methyl sites for hydroxylation is 1. The standard InChI is InChI=1S/C29H42F2N4O6/c1-18(2)15-35(20-12-19(27(37)40-7)16-33(17-20)28(38)41-29(3,4)5)26(36)25-32-23-13-21(30)22(31)14-24(23)34(25)10-8-9-11-39-6/h13-14,18-20H,8-12,15-17H2,1-7H3/t19-,20?/m1/s1. The van der Waals surface area contributed by atoms with E-state index in [9.17, 15) is 23.2 Å². The Labute approximate surface area is 239 Å². The summed E-state index contributed by atoms with van der Waals surface area (Å²) in [5.74, 6) is -3.65. The fraction of sp³-hybridized carbons (Fsp3) is 0.655. The van der Waals surface area contributed by atoms with Crippen molar-refractivity contribution in [3.8, 4) is 0 Å². The molecule has 12 heteroatoms. The maximum Gasteiger partial charge on any atom is 0.410 e. The molecule has 2 atom stereocenters. The number of hydrogen-bond donors (Lipinski definition) is 0. The number of likely N-dealkylation sites (tertiary alicyclic amines) is 1. The Balaban J connectivity index is 2.04. The zero-order valence-electron chi connectivity index (χ0n) is 25.0. The minimum Gasteiger partial charge on any atom is -0.469 e. The predicted molar refractivity (Wildman–Crippen MR) is 148 cm³/mol. The molecule has 2 heterocycles. The summed E-state index contributed by atoms with van der Waals surface area (Å²) in [6.07, 6.45) is 0.979. The molecule has 3 rings (SSSR count). The van der Waals surface area contributed by atoms with Crippen molar-refractivity contribution in [2.24, 2.45) is 11.8 Å². The lowest BCUT2D eigenvalue weighted by Gasteiger charge is -2.42. The number of hydrogen-bond acceptors (Lipinski definition) is 7. The molecule has 0 N–H and O–H groups in total. The third-order valence-corrected chi connectivity index (χ3v) is 6.84. The van der Waals surface area contributed by atoms with E-state index in [1.807, 2.05) is 13.8 Å². The van der Waals surface area contributed by atoms with Gasteiger partial charge in [-0.1, -0.05) is 13.8 Å². The fourth-order valence-electron chi connectivity index (χ4n) is 5.06. The van der Waals surface area contributed by atoms with Crippen molar-refractivity contribution >= 4 is 29.0 Å². The van der Waals surface area contributed by atoms with E-state index in [4.69, 9.17) is 14.2 Å². The first kappa shape index (κ1) is 32.2. The zero-order valence-corrected chi connectivity index (χ0v) is 25.0. The van der Waals surface area contributed by atoms with Gasteiger partial charge in [-0.25, -0.2) is 18.6 Å². The summed E-state index contributed by atoms with van der Waals surface area (Å²) in [6.45, 7) is 10.5. The number of rotatable bonds is 10. The summed E-state index contributed by atoms with van der Waals surface area (Å²) >= 11 is 0. The Morgan fingerprint density at radius 3 is 2.39 bits per heavy atom. The molecule has 0 spiro atoms. The van der Waals surface area contributed by atoms with Gasteiger partial charge in [-0.15, -0.1) is 0 Å². The molecule has 1 aliphatic rings. The third kappa shape index (κ3) is 8.15. The van der Waals surface area contributed by atoms with Crippen LogP contribution < -0.4 is 0 Å². The monoisotopic (exact) mass is 580 g/mol. The SMILES string of the molecule is COCCCCn1c(C(=O)N(CC(C)C)C2C[C@@H](C(=O)OC)CN(C(=O)OC(C)(C)C)C2)nc2cc(F)c(F)cc21. The van der Waals surface area contributed by atoms with Gasteiger partial charge in [0.05, 0.1) is 30.1 Å². The molecule has 2 aromatic rings. The number of carbonyl (C=O) groups excluding carboxylic acids is 3. The molecule has 1 saturated heterocycles. The summed E-state index contributed by atoms with van der Waals surface area (Å²) in [6, 6.07) is 1.47. The van der Waals surface area contributed by atoms with Gasteiger partial charge in [0, 0.05) is 52.0 Å². The Bertz CT molecular complexity index is 1240. The highest BCUT2D eigenvalue weighted by Gasteiger charge is 2.41. The molecular weight excluding hydrogens is 538 g/mol. The number of ether oxygens (including phenoxy) is 3. The van der Waals surface area contributed by atoms with Crippen LogP contribution in [0.5, 0.6) is 0 Å². The molecule has 0 radical (unpaired) electrons. The number of methoxy groups -OCH3 is 2. The van der Waals surface area contributed by atoms with Crippen molar-refractivity contribution in [1.82, 2.24) is 19.4 Å². The Hall–Kier alpha value is -3.28. The zero-order chi connectivity index (χ0) is 30.5. The van der Waals surface area contributed by atoms with Crippen LogP contribution >= 0.6 is 0 Å². The predicted octanol–water partition coefficient (Wildman–Crippen LogP) is 4.64. The van der Waals surface area contributed by atoms with E-state index >= 15 is 0 Å². The number of nitrogens with zero attached hydrogens (tertiary/aromatic N) is 4. The largest absolute Gasteiger partial charge is 0.469 e. The number of piperidine rings is 1. The molecular formula is C29H42F2N4O6. The summed E-state index contributed by atoms with van der Waals surface area (Å²) < 4.78 is 45.7. The molecule has 1 aromatic heterocycles. The van der Waals surface area contributed by atoms with E-state index in [2.05, 4.69) is 4.98 Å². The van der Waals surface area contributed by atoms with E-state index in [-0.39, 0.29) is 36.8 Å². The van der Waals surface area contributed by atoms with Crippen LogP contribution in [0.25, 0.3) is 11.0 Å². The second-order valence-electron chi connectivity index (χ2n) is 11.9. The summed E-state index contributed by atoms with van der Waals surface area (Å²) in [7, 11) is 2.88. The maximum absolute atomic E-state index is 14.3. The van der Waals surface area contributed by atoms with Gasteiger partial charge >= 0.3 is 12.1 Å². The number of aromatic nitrogens is 2. The molecule has 1 aliphatic heterocycles. The van der Waals surface area contributed by atoms with E-state index in [1.165, 1.54) is 12.0 Å². The Kier molecular flexibility index (Phi) is 10.7. The fourth-order valence-corrected chi connectivity index (χ4v) is 5.06. The Morgan fingerprint density at radius 1 is 1.10 bits per heavy atom. The number of amides is 2. The van der Waals surface area contributed by atoms with Crippen molar-refractivity contribution in [2.45, 2.75) is 72.1 Å². The average molecular weight is 581 g/mol. The molecule has 228 valence electrons. The van der Waals surface area contributed by atoms with Crippen LogP contribution in [0.4, 0.5) is 13.6 Å². The number of esters is 1. The summed E-state index contributed by atoms with van der Waals surface area (Å²) in [5, 5.41) is 0. The minimum absolute atomic E-state index is 0.0295. The summed E-state index contributed by atoms with van der Waals surface area (Å²) in [5.41, 5.74) is -0.285. The molecule has 0 saturated carbocycles. The van der Waals surface area contributed by atoms with Gasteiger partial charge in [0.15, 0.2) is 17.5 Å². The lowest BCUT2D eigenvalue weighted by atomic mass is 9.92. The van der Waals surface area contributed by atoms with Crippen molar-refractivity contribution in [3.05, 3.63) is 29.6 Å². The molecule has 0 aliphatic carbocycles. The van der Waals surface area contributed by atoms with Crippen LogP contribution in [0.3, 0.4) is 0 Å². The molecule has 0 bridgehead atoms. The van der Waals surface area contributed by atoms with E-state index in [1.54, 1.807) is 37.3 Å². The van der Waals surface area contributed by atoms with Gasteiger partial charge in [-0.2, -0.15) is 0 Å². The highest BCUT2D eigenvalue weighted by molar-refractivity contribution is 5.95. The number of halogens is 2. The van der Waals surface area contributed by atoms with Crippen molar-refractivity contribution in [1.29, 1.82) is 0 Å². The molecule has 41 heavy (non-hydrogen) atoms. The van der Waals surface area contributed by atoms with Gasteiger partial charge in [0.25, 0.3) is 5.91 Å². The van der Waals surface area contributed by atoms with Crippen LogP contribution in [-0.4, -0.2) is 89.4 Å². The Morgan fingerprint density at radius 2 is 1.78 bits per heavy atom. The van der Waals surface area contributed by atoms with Gasteiger partial charge in [-0.05, 0) is 46.0 Å². The minimum atomic E-state index is -1.05. The van der Waals surface area contributed by atoms with Crippen LogP contribution in [0.15, 0.2) is 12.1 Å². The van der Waals surface area contributed by atoms with Gasteiger partial charge in [0.2, 0.25) is 0 Å². The number of benzene rings is 1. The molecule has 2 amide bonds. The van der Waals surface area contributed by atoms with E-state index in [0.717, 1.165) is 12.1 Å². The molecule has 1 fully saturated rings. The van der Waals surface area contributed by atoms with Crippen molar-refractivity contribution < 1.29 is 37.4 Å². The highest BCUT2D eigenvalue weighted by atomic mass is 19.2. The van der Waals surface area contributed by atoms with Crippen molar-refractivity contribution in [2.75, 3.05) is 40.5 Å². The van der Waals surface area contributed by atoms with Gasteiger partial charge in [0.1, 0.15) is 5.60 Å². The number of unbranched alkanes of at least 4 members (excludes halogenated alkanes) is 1.